The summed E-state index contributed by atoms with van der Waals surface area (Å²) < 4.78 is 45.6. The zero-order valence-corrected chi connectivity index (χ0v) is 17.2. The fraction of sp³-hybridized carbons (Fsp3) is 0.389. The van der Waals surface area contributed by atoms with Crippen LogP contribution in [0, 0.1) is 6.92 Å². The van der Waals surface area contributed by atoms with Gasteiger partial charge in [-0.1, -0.05) is 23.5 Å². The van der Waals surface area contributed by atoms with Crippen LogP contribution in [0.3, 0.4) is 0 Å². The number of carbonyl (C=O) groups is 2. The molecule has 1 fully saturated rings. The van der Waals surface area contributed by atoms with E-state index in [-0.39, 0.29) is 12.3 Å². The molecule has 1 aromatic carbocycles. The minimum absolute atomic E-state index is 0.0365. The monoisotopic (exact) mass is 459 g/mol. The van der Waals surface area contributed by atoms with E-state index in [1.807, 2.05) is 4.90 Å². The number of aryl methyl sites for hydroxylation is 1. The summed E-state index contributed by atoms with van der Waals surface area (Å²) in [7, 11) is 0. The molecule has 1 aliphatic heterocycles. The molecule has 1 aliphatic rings. The van der Waals surface area contributed by atoms with Gasteiger partial charge in [-0.25, -0.2) is 15.2 Å². The Morgan fingerprint density at radius 3 is 2.52 bits per heavy atom. The van der Waals surface area contributed by atoms with Gasteiger partial charge in [0.25, 0.3) is 5.91 Å². The summed E-state index contributed by atoms with van der Waals surface area (Å²) in [5.41, 5.74) is 5.63. The second-order valence-corrected chi connectivity index (χ2v) is 7.44. The van der Waals surface area contributed by atoms with Crippen LogP contribution >= 0.6 is 11.3 Å². The zero-order chi connectivity index (χ0) is 22.4. The molecule has 31 heavy (non-hydrogen) atoms. The Hall–Kier alpha value is -3.06. The molecule has 9 nitrogen and oxygen atoms in total. The standard InChI is InChI=1S/C18H20F3N5O4S/c1-11-14(31-17(23-11)26-6-8-29-9-7-26)15(27)24-25-16(28)22-10-12-2-4-13(5-3-12)30-18(19,20)21/h2-5H,6-10H2,1H3,(H,24,27)(H2,22,25,28). The molecule has 0 saturated carbocycles. The van der Waals surface area contributed by atoms with Crippen LogP contribution < -0.4 is 25.8 Å². The number of benzene rings is 1. The van der Waals surface area contributed by atoms with Gasteiger partial charge in [-0.05, 0) is 24.6 Å². The molecular weight excluding hydrogens is 439 g/mol. The fourth-order valence-corrected chi connectivity index (χ4v) is 3.70. The van der Waals surface area contributed by atoms with E-state index >= 15 is 0 Å². The Kier molecular flexibility index (Phi) is 7.17. The molecule has 3 amide bonds. The summed E-state index contributed by atoms with van der Waals surface area (Å²) in [6.45, 7) is 4.33. The number of hydrogen-bond donors (Lipinski definition) is 3. The van der Waals surface area contributed by atoms with Gasteiger partial charge in [0.15, 0.2) is 5.13 Å². The van der Waals surface area contributed by atoms with Crippen molar-refractivity contribution in [3.05, 3.63) is 40.4 Å². The molecule has 0 atom stereocenters. The first-order valence-corrected chi connectivity index (χ1v) is 10.0. The number of nitrogens with one attached hydrogen (secondary N) is 3. The van der Waals surface area contributed by atoms with E-state index in [9.17, 15) is 22.8 Å². The quantitative estimate of drug-likeness (QED) is 0.593. The summed E-state index contributed by atoms with van der Waals surface area (Å²) in [5, 5.41) is 3.20. The normalized spacial score (nSPS) is 14.1. The molecule has 0 aliphatic carbocycles. The number of morpholine rings is 1. The van der Waals surface area contributed by atoms with Gasteiger partial charge in [-0.2, -0.15) is 0 Å². The lowest BCUT2D eigenvalue weighted by Crippen LogP contribution is -2.46. The average molecular weight is 459 g/mol. The van der Waals surface area contributed by atoms with Crippen LogP contribution in [0.25, 0.3) is 0 Å². The Bertz CT molecular complexity index is 914. The van der Waals surface area contributed by atoms with Crippen LogP contribution in [-0.4, -0.2) is 49.6 Å². The molecule has 1 aromatic heterocycles. The number of hydrazine groups is 1. The highest BCUT2D eigenvalue weighted by Gasteiger charge is 2.31. The Labute approximate surface area is 179 Å². The van der Waals surface area contributed by atoms with E-state index in [0.717, 1.165) is 12.1 Å². The lowest BCUT2D eigenvalue weighted by molar-refractivity contribution is -0.274. The Morgan fingerprint density at radius 1 is 1.19 bits per heavy atom. The number of carbonyl (C=O) groups excluding carboxylic acids is 2. The maximum absolute atomic E-state index is 12.4. The Balaban J connectivity index is 1.45. The van der Waals surface area contributed by atoms with Crippen LogP contribution in [0.15, 0.2) is 24.3 Å². The maximum Gasteiger partial charge on any atom is 0.573 e. The van der Waals surface area contributed by atoms with Crippen LogP contribution in [0.4, 0.5) is 23.1 Å². The summed E-state index contributed by atoms with van der Waals surface area (Å²) in [4.78, 5) is 31.1. The summed E-state index contributed by atoms with van der Waals surface area (Å²) >= 11 is 1.22. The van der Waals surface area contributed by atoms with Crippen LogP contribution in [0.5, 0.6) is 5.75 Å². The topological polar surface area (TPSA) is 105 Å². The molecule has 0 radical (unpaired) electrons. The van der Waals surface area contributed by atoms with Crippen molar-refractivity contribution in [2.45, 2.75) is 19.8 Å². The lowest BCUT2D eigenvalue weighted by Gasteiger charge is -2.25. The van der Waals surface area contributed by atoms with Gasteiger partial charge >= 0.3 is 12.4 Å². The molecule has 2 aromatic rings. The third kappa shape index (κ3) is 6.72. The number of ether oxygens (including phenoxy) is 2. The molecule has 13 heteroatoms. The van der Waals surface area contributed by atoms with Gasteiger partial charge in [-0.15, -0.1) is 13.2 Å². The minimum Gasteiger partial charge on any atom is -0.406 e. The molecule has 2 heterocycles. The second kappa shape index (κ2) is 9.83. The molecular formula is C18H20F3N5O4S. The predicted octanol–water partition coefficient (Wildman–Crippen LogP) is 2.33. The lowest BCUT2D eigenvalue weighted by atomic mass is 10.2. The van der Waals surface area contributed by atoms with Crippen LogP contribution in [0.1, 0.15) is 20.9 Å². The molecule has 3 N–H and O–H groups in total. The fourth-order valence-electron chi connectivity index (χ4n) is 2.69. The van der Waals surface area contributed by atoms with Gasteiger partial charge in [0, 0.05) is 19.6 Å². The summed E-state index contributed by atoms with van der Waals surface area (Å²) in [5.74, 6) is -0.859. The van der Waals surface area contributed by atoms with Crippen molar-refractivity contribution in [3.63, 3.8) is 0 Å². The first kappa shape index (κ1) is 22.6. The Morgan fingerprint density at radius 2 is 1.87 bits per heavy atom. The summed E-state index contributed by atoms with van der Waals surface area (Å²) in [6.07, 6.45) is -4.77. The van der Waals surface area contributed by atoms with Crippen molar-refractivity contribution in [1.82, 2.24) is 21.2 Å². The maximum atomic E-state index is 12.4. The van der Waals surface area contributed by atoms with E-state index in [2.05, 4.69) is 25.9 Å². The highest BCUT2D eigenvalue weighted by atomic mass is 32.1. The number of amides is 3. The first-order chi connectivity index (χ1) is 14.7. The van der Waals surface area contributed by atoms with E-state index in [1.54, 1.807) is 6.92 Å². The molecule has 0 spiro atoms. The number of nitrogens with zero attached hydrogens (tertiary/aromatic N) is 2. The van der Waals surface area contributed by atoms with Crippen molar-refractivity contribution in [3.8, 4) is 5.75 Å². The second-order valence-electron chi connectivity index (χ2n) is 6.46. The molecule has 1 saturated heterocycles. The smallest absolute Gasteiger partial charge is 0.406 e. The largest absolute Gasteiger partial charge is 0.573 e. The number of alkyl halides is 3. The van der Waals surface area contributed by atoms with Crippen molar-refractivity contribution >= 4 is 28.4 Å². The van der Waals surface area contributed by atoms with Gasteiger partial charge in [0.05, 0.1) is 18.9 Å². The van der Waals surface area contributed by atoms with Crippen molar-refractivity contribution in [2.24, 2.45) is 0 Å². The van der Waals surface area contributed by atoms with Crippen molar-refractivity contribution in [1.29, 1.82) is 0 Å². The van der Waals surface area contributed by atoms with E-state index in [4.69, 9.17) is 4.74 Å². The number of hydrogen-bond acceptors (Lipinski definition) is 7. The van der Waals surface area contributed by atoms with Gasteiger partial charge in [-0.3, -0.25) is 10.2 Å². The van der Waals surface area contributed by atoms with E-state index in [0.29, 0.717) is 47.6 Å². The SMILES string of the molecule is Cc1nc(N2CCOCC2)sc1C(=O)NNC(=O)NCc1ccc(OC(F)(F)F)cc1. The van der Waals surface area contributed by atoms with Crippen molar-refractivity contribution < 1.29 is 32.2 Å². The van der Waals surface area contributed by atoms with E-state index in [1.165, 1.54) is 23.5 Å². The van der Waals surface area contributed by atoms with Crippen molar-refractivity contribution in [2.75, 3.05) is 31.2 Å². The highest BCUT2D eigenvalue weighted by molar-refractivity contribution is 7.17. The minimum atomic E-state index is -4.77. The predicted molar refractivity (Wildman–Crippen MR) is 106 cm³/mol. The number of anilines is 1. The van der Waals surface area contributed by atoms with Gasteiger partial charge < -0.3 is 19.7 Å². The third-order valence-corrected chi connectivity index (χ3v) is 5.39. The number of rotatable bonds is 5. The number of aromatic nitrogens is 1. The number of halogens is 3. The van der Waals surface area contributed by atoms with Gasteiger partial charge in [0.2, 0.25) is 0 Å². The molecule has 3 rings (SSSR count). The average Bonchev–Trinajstić information content (AvgIpc) is 3.13. The van der Waals surface area contributed by atoms with Crippen LogP contribution in [-0.2, 0) is 11.3 Å². The molecule has 0 bridgehead atoms. The first-order valence-electron chi connectivity index (χ1n) is 9.20. The number of urea groups is 1. The molecule has 168 valence electrons. The number of thiazole rings is 1. The third-order valence-electron chi connectivity index (χ3n) is 4.17. The van der Waals surface area contributed by atoms with Crippen LogP contribution in [0.2, 0.25) is 0 Å². The van der Waals surface area contributed by atoms with E-state index < -0.39 is 18.3 Å². The van der Waals surface area contributed by atoms with Gasteiger partial charge in [0.1, 0.15) is 10.6 Å². The summed E-state index contributed by atoms with van der Waals surface area (Å²) in [6, 6.07) is 4.37. The zero-order valence-electron chi connectivity index (χ0n) is 16.4. The molecule has 0 unspecified atom stereocenters. The highest BCUT2D eigenvalue weighted by Crippen LogP contribution is 2.26.